The number of carbonyl (C=O) groups is 1. The second-order valence-electron chi connectivity index (χ2n) is 5.76. The maximum Gasteiger partial charge on any atom is 0.418 e. The van der Waals surface area contributed by atoms with Crippen molar-refractivity contribution in [1.29, 1.82) is 0 Å². The highest BCUT2D eigenvalue weighted by Gasteiger charge is 2.33. The van der Waals surface area contributed by atoms with Gasteiger partial charge in [-0.3, -0.25) is 4.79 Å². The fourth-order valence-corrected chi connectivity index (χ4v) is 2.51. The second kappa shape index (κ2) is 8.64. The highest BCUT2D eigenvalue weighted by molar-refractivity contribution is 5.92. The van der Waals surface area contributed by atoms with Crippen LogP contribution < -0.4 is 5.32 Å². The molecule has 1 N–H and O–H groups in total. The number of rotatable bonds is 7. The lowest BCUT2D eigenvalue weighted by atomic mass is 10.1. The summed E-state index contributed by atoms with van der Waals surface area (Å²) >= 11 is 0. The minimum atomic E-state index is -4.48. The van der Waals surface area contributed by atoms with Gasteiger partial charge in [0.2, 0.25) is 0 Å². The van der Waals surface area contributed by atoms with Gasteiger partial charge in [-0.25, -0.2) is 0 Å². The van der Waals surface area contributed by atoms with Crippen molar-refractivity contribution >= 4 is 17.4 Å². The van der Waals surface area contributed by atoms with Gasteiger partial charge in [0.25, 0.3) is 5.91 Å². The summed E-state index contributed by atoms with van der Waals surface area (Å²) in [6, 6.07) is 8.03. The molecule has 0 aliphatic carbocycles. The molecule has 8 heteroatoms. The molecule has 0 radical (unpaired) electrons. The van der Waals surface area contributed by atoms with Crippen molar-refractivity contribution in [3.05, 3.63) is 47.7 Å². The maximum absolute atomic E-state index is 13.0. The molecule has 0 saturated carbocycles. The monoisotopic (exact) mass is 366 g/mol. The minimum absolute atomic E-state index is 0.119. The lowest BCUT2D eigenvalue weighted by molar-refractivity contribution is -0.136. The fourth-order valence-electron chi connectivity index (χ4n) is 2.51. The quantitative estimate of drug-likeness (QED) is 0.784. The van der Waals surface area contributed by atoms with Crippen LogP contribution in [-0.2, 0) is 6.18 Å². The molecule has 1 aromatic heterocycles. The Morgan fingerprint density at radius 2 is 1.69 bits per heavy atom. The van der Waals surface area contributed by atoms with Crippen LogP contribution in [0.3, 0.4) is 0 Å². The smallest absolute Gasteiger partial charge is 0.338 e. The zero-order chi connectivity index (χ0) is 19.2. The number of aromatic nitrogens is 2. The molecular weight excluding hydrogens is 345 g/mol. The SMILES string of the molecule is CCCN(CCC)C(=O)c1ccc(Nc2ccccc2C(F)(F)F)nn1. The van der Waals surface area contributed by atoms with Gasteiger partial charge in [-0.1, -0.05) is 26.0 Å². The van der Waals surface area contributed by atoms with Crippen LogP contribution in [0.5, 0.6) is 0 Å². The number of para-hydroxylation sites is 1. The third-order valence-corrected chi connectivity index (χ3v) is 3.65. The van der Waals surface area contributed by atoms with Crippen molar-refractivity contribution in [2.75, 3.05) is 18.4 Å². The number of nitrogens with one attached hydrogen (secondary N) is 1. The molecule has 1 heterocycles. The van der Waals surface area contributed by atoms with Gasteiger partial charge in [0, 0.05) is 13.1 Å². The molecule has 0 aliphatic heterocycles. The Hall–Kier alpha value is -2.64. The highest BCUT2D eigenvalue weighted by atomic mass is 19.4. The number of amides is 1. The van der Waals surface area contributed by atoms with Crippen LogP contribution in [-0.4, -0.2) is 34.1 Å². The van der Waals surface area contributed by atoms with E-state index in [-0.39, 0.29) is 23.1 Å². The maximum atomic E-state index is 13.0. The molecule has 0 spiro atoms. The van der Waals surface area contributed by atoms with E-state index in [0.717, 1.165) is 18.9 Å². The van der Waals surface area contributed by atoms with Crippen molar-refractivity contribution in [1.82, 2.24) is 15.1 Å². The first-order valence-corrected chi connectivity index (χ1v) is 8.43. The lowest BCUT2D eigenvalue weighted by Gasteiger charge is -2.20. The van der Waals surface area contributed by atoms with Gasteiger partial charge >= 0.3 is 6.18 Å². The second-order valence-corrected chi connectivity index (χ2v) is 5.76. The summed E-state index contributed by atoms with van der Waals surface area (Å²) in [5, 5.41) is 10.3. The summed E-state index contributed by atoms with van der Waals surface area (Å²) in [5.41, 5.74) is -0.743. The van der Waals surface area contributed by atoms with Gasteiger partial charge in [-0.15, -0.1) is 10.2 Å². The van der Waals surface area contributed by atoms with Gasteiger partial charge < -0.3 is 10.2 Å². The van der Waals surface area contributed by atoms with Crippen LogP contribution in [0.15, 0.2) is 36.4 Å². The van der Waals surface area contributed by atoms with E-state index < -0.39 is 11.7 Å². The third kappa shape index (κ3) is 4.93. The van der Waals surface area contributed by atoms with Crippen LogP contribution in [0.25, 0.3) is 0 Å². The average Bonchev–Trinajstić information content (AvgIpc) is 2.61. The van der Waals surface area contributed by atoms with E-state index in [2.05, 4.69) is 15.5 Å². The molecule has 0 unspecified atom stereocenters. The van der Waals surface area contributed by atoms with E-state index in [1.807, 2.05) is 13.8 Å². The normalized spacial score (nSPS) is 11.3. The van der Waals surface area contributed by atoms with Crippen LogP contribution in [0.4, 0.5) is 24.7 Å². The first kappa shape index (κ1) is 19.7. The Morgan fingerprint density at radius 1 is 1.04 bits per heavy atom. The molecule has 1 aromatic carbocycles. The number of anilines is 2. The standard InChI is InChI=1S/C18H21F3N4O/c1-3-11-25(12-4-2)17(26)15-9-10-16(24-23-15)22-14-8-6-5-7-13(14)18(19,20)21/h5-10H,3-4,11-12H2,1-2H3,(H,22,24). The molecular formula is C18H21F3N4O. The van der Waals surface area contributed by atoms with Crippen molar-refractivity contribution in [2.45, 2.75) is 32.9 Å². The number of halogens is 3. The van der Waals surface area contributed by atoms with E-state index in [1.54, 1.807) is 4.90 Å². The van der Waals surface area contributed by atoms with E-state index in [9.17, 15) is 18.0 Å². The first-order chi connectivity index (χ1) is 12.4. The van der Waals surface area contributed by atoms with E-state index in [1.165, 1.54) is 30.3 Å². The number of hydrogen-bond acceptors (Lipinski definition) is 4. The average molecular weight is 366 g/mol. The van der Waals surface area contributed by atoms with Crippen LogP contribution in [0, 0.1) is 0 Å². The molecule has 0 fully saturated rings. The molecule has 0 atom stereocenters. The number of benzene rings is 1. The summed E-state index contributed by atoms with van der Waals surface area (Å²) in [6.07, 6.45) is -2.83. The number of carbonyl (C=O) groups excluding carboxylic acids is 1. The zero-order valence-corrected chi connectivity index (χ0v) is 14.7. The Labute approximate surface area is 150 Å². The van der Waals surface area contributed by atoms with Gasteiger partial charge in [-0.05, 0) is 37.1 Å². The molecule has 0 bridgehead atoms. The summed E-state index contributed by atoms with van der Waals surface area (Å²) in [5.74, 6) is -0.0979. The van der Waals surface area contributed by atoms with E-state index >= 15 is 0 Å². The van der Waals surface area contributed by atoms with E-state index in [0.29, 0.717) is 13.1 Å². The molecule has 26 heavy (non-hydrogen) atoms. The summed E-state index contributed by atoms with van der Waals surface area (Å²) in [6.45, 7) is 5.19. The Kier molecular flexibility index (Phi) is 6.54. The van der Waals surface area contributed by atoms with Crippen molar-refractivity contribution < 1.29 is 18.0 Å². The summed E-state index contributed by atoms with van der Waals surface area (Å²) < 4.78 is 39.1. The van der Waals surface area contributed by atoms with E-state index in [4.69, 9.17) is 0 Å². The van der Waals surface area contributed by atoms with Gasteiger partial charge in [-0.2, -0.15) is 13.2 Å². The van der Waals surface area contributed by atoms with Crippen molar-refractivity contribution in [3.63, 3.8) is 0 Å². The number of alkyl halides is 3. The zero-order valence-electron chi connectivity index (χ0n) is 14.7. The molecule has 5 nitrogen and oxygen atoms in total. The fraction of sp³-hybridized carbons (Fsp3) is 0.389. The van der Waals surface area contributed by atoms with Crippen molar-refractivity contribution in [3.8, 4) is 0 Å². The van der Waals surface area contributed by atoms with Gasteiger partial charge in [0.1, 0.15) is 0 Å². The molecule has 2 rings (SSSR count). The number of hydrogen-bond donors (Lipinski definition) is 1. The minimum Gasteiger partial charge on any atom is -0.338 e. The molecule has 1 amide bonds. The van der Waals surface area contributed by atoms with Crippen molar-refractivity contribution in [2.24, 2.45) is 0 Å². The molecule has 2 aromatic rings. The predicted octanol–water partition coefficient (Wildman–Crippen LogP) is 4.50. The summed E-state index contributed by atoms with van der Waals surface area (Å²) in [7, 11) is 0. The lowest BCUT2D eigenvalue weighted by Crippen LogP contribution is -2.33. The number of nitrogens with zero attached hydrogens (tertiary/aromatic N) is 3. The topological polar surface area (TPSA) is 58.1 Å². The van der Waals surface area contributed by atoms with Gasteiger partial charge in [0.05, 0.1) is 11.3 Å². The van der Waals surface area contributed by atoms with Crippen LogP contribution in [0.2, 0.25) is 0 Å². The Bertz CT molecular complexity index is 726. The largest absolute Gasteiger partial charge is 0.418 e. The van der Waals surface area contributed by atoms with Crippen LogP contribution in [0.1, 0.15) is 42.7 Å². The molecule has 0 aliphatic rings. The van der Waals surface area contributed by atoms with Crippen LogP contribution >= 0.6 is 0 Å². The molecule has 0 saturated heterocycles. The Morgan fingerprint density at radius 3 is 2.23 bits per heavy atom. The highest BCUT2D eigenvalue weighted by Crippen LogP contribution is 2.35. The Balaban J connectivity index is 2.17. The third-order valence-electron chi connectivity index (χ3n) is 3.65. The molecule has 140 valence electrons. The summed E-state index contributed by atoms with van der Waals surface area (Å²) in [4.78, 5) is 14.1. The van der Waals surface area contributed by atoms with Gasteiger partial charge in [0.15, 0.2) is 11.5 Å². The first-order valence-electron chi connectivity index (χ1n) is 8.43. The predicted molar refractivity (Wildman–Crippen MR) is 93.2 cm³/mol.